The van der Waals surface area contributed by atoms with Gasteiger partial charge in [0.2, 0.25) is 5.88 Å². The van der Waals surface area contributed by atoms with Crippen LogP contribution in [-0.2, 0) is 7.05 Å². The highest BCUT2D eigenvalue weighted by atomic mass is 16.5. The van der Waals surface area contributed by atoms with Gasteiger partial charge in [-0.25, -0.2) is 0 Å². The van der Waals surface area contributed by atoms with E-state index in [0.29, 0.717) is 37.6 Å². The molecular formula is C21H24N6O3. The van der Waals surface area contributed by atoms with Gasteiger partial charge in [0.25, 0.3) is 5.91 Å². The van der Waals surface area contributed by atoms with Crippen molar-refractivity contribution in [2.75, 3.05) is 45.3 Å². The molecule has 1 aliphatic rings. The molecule has 30 heavy (non-hydrogen) atoms. The lowest BCUT2D eigenvalue weighted by Crippen LogP contribution is -2.49. The fourth-order valence-corrected chi connectivity index (χ4v) is 3.48. The van der Waals surface area contributed by atoms with Crippen molar-refractivity contribution in [3.8, 4) is 22.9 Å². The Bertz CT molecular complexity index is 1010. The molecule has 9 heteroatoms. The smallest absolute Gasteiger partial charge is 0.261 e. The van der Waals surface area contributed by atoms with E-state index in [4.69, 9.17) is 9.47 Å². The van der Waals surface area contributed by atoms with E-state index in [2.05, 4.69) is 20.2 Å². The lowest BCUT2D eigenvalue weighted by atomic mass is 10.1. The van der Waals surface area contributed by atoms with Gasteiger partial charge in [0.1, 0.15) is 11.3 Å². The van der Waals surface area contributed by atoms with Crippen LogP contribution in [0.25, 0.3) is 11.3 Å². The third kappa shape index (κ3) is 3.91. The number of ether oxygens (including phenoxy) is 2. The Balaban J connectivity index is 1.39. The summed E-state index contributed by atoms with van der Waals surface area (Å²) in [6.45, 7) is 2.56. The van der Waals surface area contributed by atoms with Crippen LogP contribution in [0.1, 0.15) is 10.4 Å². The van der Waals surface area contributed by atoms with Crippen molar-refractivity contribution >= 4 is 11.7 Å². The van der Waals surface area contributed by atoms with Gasteiger partial charge in [-0.15, -0.1) is 15.3 Å². The summed E-state index contributed by atoms with van der Waals surface area (Å²) in [5.41, 5.74) is 2.27. The molecule has 0 bridgehead atoms. The number of aryl methyl sites for hydroxylation is 1. The molecule has 0 aliphatic carbocycles. The van der Waals surface area contributed by atoms with Gasteiger partial charge in [-0.1, -0.05) is 0 Å². The number of aromatic nitrogens is 4. The van der Waals surface area contributed by atoms with Crippen molar-refractivity contribution in [2.24, 2.45) is 7.05 Å². The summed E-state index contributed by atoms with van der Waals surface area (Å²) in [6, 6.07) is 11.6. The van der Waals surface area contributed by atoms with Crippen LogP contribution in [0.5, 0.6) is 11.6 Å². The lowest BCUT2D eigenvalue weighted by molar-refractivity contribution is 0.0743. The number of piperazine rings is 1. The van der Waals surface area contributed by atoms with Gasteiger partial charge in [-0.3, -0.25) is 9.48 Å². The minimum Gasteiger partial charge on any atom is -0.497 e. The van der Waals surface area contributed by atoms with Crippen molar-refractivity contribution in [3.05, 3.63) is 48.2 Å². The van der Waals surface area contributed by atoms with E-state index in [1.165, 1.54) is 7.11 Å². The Morgan fingerprint density at radius 3 is 2.27 bits per heavy atom. The van der Waals surface area contributed by atoms with Crippen LogP contribution < -0.4 is 14.4 Å². The SMILES string of the molecule is COc1ccc(-c2ccc(N3CCN(C(=O)c4cn(C)nc4OC)CC3)nn2)cc1. The summed E-state index contributed by atoms with van der Waals surface area (Å²) in [5.74, 6) is 1.89. The number of amides is 1. The average Bonchev–Trinajstić information content (AvgIpc) is 3.19. The van der Waals surface area contributed by atoms with Crippen LogP contribution in [-0.4, -0.2) is 71.2 Å². The van der Waals surface area contributed by atoms with E-state index in [9.17, 15) is 4.79 Å². The fourth-order valence-electron chi connectivity index (χ4n) is 3.48. The van der Waals surface area contributed by atoms with Crippen LogP contribution in [0, 0.1) is 0 Å². The largest absolute Gasteiger partial charge is 0.497 e. The minimum atomic E-state index is -0.0689. The van der Waals surface area contributed by atoms with Crippen molar-refractivity contribution in [2.45, 2.75) is 0 Å². The Kier molecular flexibility index (Phi) is 5.51. The van der Waals surface area contributed by atoms with E-state index >= 15 is 0 Å². The summed E-state index contributed by atoms with van der Waals surface area (Å²) in [4.78, 5) is 16.8. The normalized spacial score (nSPS) is 14.0. The first-order valence-corrected chi connectivity index (χ1v) is 9.69. The van der Waals surface area contributed by atoms with Crippen LogP contribution in [0.4, 0.5) is 5.82 Å². The highest BCUT2D eigenvalue weighted by Gasteiger charge is 2.26. The highest BCUT2D eigenvalue weighted by Crippen LogP contribution is 2.23. The standard InChI is InChI=1S/C21H24N6O3/c1-25-14-17(20(24-25)30-3)21(28)27-12-10-26(11-13-27)19-9-8-18(22-23-19)15-4-6-16(29-2)7-5-15/h4-9,14H,10-13H2,1-3H3. The molecular weight excluding hydrogens is 384 g/mol. The van der Waals surface area contributed by atoms with E-state index in [1.54, 1.807) is 25.0 Å². The average molecular weight is 408 g/mol. The second-order valence-electron chi connectivity index (χ2n) is 7.01. The molecule has 1 aromatic carbocycles. The minimum absolute atomic E-state index is 0.0689. The van der Waals surface area contributed by atoms with Crippen LogP contribution in [0.15, 0.2) is 42.6 Å². The molecule has 156 valence electrons. The van der Waals surface area contributed by atoms with E-state index in [1.807, 2.05) is 41.3 Å². The second kappa shape index (κ2) is 8.40. The summed E-state index contributed by atoms with van der Waals surface area (Å²) in [7, 11) is 4.93. The van der Waals surface area contributed by atoms with Crippen LogP contribution in [0.2, 0.25) is 0 Å². The van der Waals surface area contributed by atoms with Crippen molar-refractivity contribution in [1.29, 1.82) is 0 Å². The molecule has 0 atom stereocenters. The fraction of sp³-hybridized carbons (Fsp3) is 0.333. The molecule has 1 fully saturated rings. The lowest BCUT2D eigenvalue weighted by Gasteiger charge is -2.35. The number of nitrogens with zero attached hydrogens (tertiary/aromatic N) is 6. The zero-order chi connectivity index (χ0) is 21.1. The summed E-state index contributed by atoms with van der Waals surface area (Å²) < 4.78 is 12.0. The van der Waals surface area contributed by atoms with Gasteiger partial charge in [-0.2, -0.15) is 0 Å². The van der Waals surface area contributed by atoms with Gasteiger partial charge in [0, 0.05) is 45.0 Å². The first-order valence-electron chi connectivity index (χ1n) is 9.69. The molecule has 3 aromatic rings. The van der Waals surface area contributed by atoms with Crippen LogP contribution in [0.3, 0.4) is 0 Å². The molecule has 0 radical (unpaired) electrons. The molecule has 9 nitrogen and oxygen atoms in total. The Morgan fingerprint density at radius 1 is 0.933 bits per heavy atom. The first-order chi connectivity index (χ1) is 14.6. The third-order valence-corrected chi connectivity index (χ3v) is 5.15. The van der Waals surface area contributed by atoms with Crippen molar-refractivity contribution < 1.29 is 14.3 Å². The van der Waals surface area contributed by atoms with Gasteiger partial charge in [-0.05, 0) is 36.4 Å². The summed E-state index contributed by atoms with van der Waals surface area (Å²) in [6.07, 6.45) is 1.69. The maximum atomic E-state index is 12.8. The number of carbonyl (C=O) groups is 1. The predicted molar refractivity (Wildman–Crippen MR) is 112 cm³/mol. The van der Waals surface area contributed by atoms with Crippen molar-refractivity contribution in [1.82, 2.24) is 24.9 Å². The monoisotopic (exact) mass is 408 g/mol. The maximum Gasteiger partial charge on any atom is 0.261 e. The summed E-state index contributed by atoms with van der Waals surface area (Å²) in [5, 5.41) is 12.9. The molecule has 0 N–H and O–H groups in total. The first kappa shape index (κ1) is 19.7. The zero-order valence-electron chi connectivity index (χ0n) is 17.3. The van der Waals surface area contributed by atoms with Gasteiger partial charge >= 0.3 is 0 Å². The Labute approximate surface area is 174 Å². The Morgan fingerprint density at radius 2 is 1.67 bits per heavy atom. The quantitative estimate of drug-likeness (QED) is 0.637. The summed E-state index contributed by atoms with van der Waals surface area (Å²) >= 11 is 0. The molecule has 2 aromatic heterocycles. The van der Waals surface area contributed by atoms with E-state index in [-0.39, 0.29) is 5.91 Å². The number of carbonyl (C=O) groups excluding carboxylic acids is 1. The molecule has 1 aliphatic heterocycles. The topological polar surface area (TPSA) is 85.6 Å². The van der Waals surface area contributed by atoms with Gasteiger partial charge < -0.3 is 19.3 Å². The maximum absolute atomic E-state index is 12.8. The number of rotatable bonds is 5. The van der Waals surface area contributed by atoms with Gasteiger partial charge in [0.15, 0.2) is 5.82 Å². The number of anilines is 1. The third-order valence-electron chi connectivity index (χ3n) is 5.15. The Hall–Kier alpha value is -3.62. The number of methoxy groups -OCH3 is 2. The molecule has 1 saturated heterocycles. The number of hydrogen-bond acceptors (Lipinski definition) is 7. The molecule has 1 amide bonds. The predicted octanol–water partition coefficient (Wildman–Crippen LogP) is 1.86. The molecule has 0 saturated carbocycles. The van der Waals surface area contributed by atoms with E-state index in [0.717, 1.165) is 22.8 Å². The van der Waals surface area contributed by atoms with E-state index < -0.39 is 0 Å². The highest BCUT2D eigenvalue weighted by molar-refractivity contribution is 5.96. The van der Waals surface area contributed by atoms with Crippen molar-refractivity contribution in [3.63, 3.8) is 0 Å². The molecule has 0 spiro atoms. The second-order valence-corrected chi connectivity index (χ2v) is 7.01. The molecule has 4 rings (SSSR count). The molecule has 0 unspecified atom stereocenters. The zero-order valence-corrected chi connectivity index (χ0v) is 17.3. The molecule has 3 heterocycles. The number of hydrogen-bond donors (Lipinski definition) is 0. The number of benzene rings is 1. The van der Waals surface area contributed by atoms with Crippen LogP contribution >= 0.6 is 0 Å². The van der Waals surface area contributed by atoms with Gasteiger partial charge in [0.05, 0.1) is 19.9 Å².